The summed E-state index contributed by atoms with van der Waals surface area (Å²) in [5, 5.41) is 13.4. The van der Waals surface area contributed by atoms with Crippen LogP contribution in [0.1, 0.15) is 21.8 Å². The van der Waals surface area contributed by atoms with Crippen molar-refractivity contribution < 1.29 is 0 Å². The number of thioether (sulfide) groups is 1. The fraction of sp³-hybridized carbons (Fsp3) is 0.182. The van der Waals surface area contributed by atoms with Crippen molar-refractivity contribution in [3.8, 4) is 5.69 Å². The van der Waals surface area contributed by atoms with Crippen LogP contribution in [0.15, 0.2) is 57.8 Å². The van der Waals surface area contributed by atoms with Crippen LogP contribution in [0, 0.1) is 20.8 Å². The zero-order valence-corrected chi connectivity index (χ0v) is 18.4. The van der Waals surface area contributed by atoms with E-state index in [2.05, 4.69) is 20.6 Å². The summed E-state index contributed by atoms with van der Waals surface area (Å²) in [6.45, 7) is 6.07. The summed E-state index contributed by atoms with van der Waals surface area (Å²) in [5.74, 6) is 1.21. The average molecular weight is 434 g/mol. The predicted octanol–water partition coefficient (Wildman–Crippen LogP) is 4.71. The number of aryl methyl sites for hydroxylation is 2. The highest BCUT2D eigenvalue weighted by molar-refractivity contribution is 7.98. The molecule has 0 saturated heterocycles. The van der Waals surface area contributed by atoms with Crippen molar-refractivity contribution in [2.45, 2.75) is 31.7 Å². The molecule has 3 aromatic heterocycles. The number of aromatic nitrogens is 5. The Bertz CT molecular complexity index is 1460. The van der Waals surface area contributed by atoms with Crippen LogP contribution in [-0.2, 0) is 5.75 Å². The molecule has 0 aliphatic heterocycles. The van der Waals surface area contributed by atoms with E-state index >= 15 is 0 Å². The van der Waals surface area contributed by atoms with E-state index in [4.69, 9.17) is 0 Å². The van der Waals surface area contributed by atoms with Crippen LogP contribution < -0.4 is 5.56 Å². The number of nitrogens with zero attached hydrogens (tertiary/aromatic N) is 5. The number of hydrogen-bond acceptors (Lipinski definition) is 6. The largest absolute Gasteiger partial charge is 0.268 e. The molecule has 0 aliphatic rings. The van der Waals surface area contributed by atoms with E-state index in [1.54, 1.807) is 27.7 Å². The number of para-hydroxylation sites is 1. The third kappa shape index (κ3) is 3.03. The molecule has 8 heteroatoms. The highest BCUT2D eigenvalue weighted by atomic mass is 32.2. The van der Waals surface area contributed by atoms with Gasteiger partial charge in [-0.15, -0.1) is 21.5 Å². The summed E-state index contributed by atoms with van der Waals surface area (Å²) in [5.41, 5.74) is 4.73. The van der Waals surface area contributed by atoms with Gasteiger partial charge in [-0.1, -0.05) is 36.0 Å². The van der Waals surface area contributed by atoms with Crippen molar-refractivity contribution in [1.82, 2.24) is 24.1 Å². The second kappa shape index (κ2) is 7.37. The SMILES string of the molecule is Cc1nc(CSc2nnc3n(-c4cccc(C)c4C)c(=O)c4ccccc4n23)cs1. The summed E-state index contributed by atoms with van der Waals surface area (Å²) in [7, 11) is 0. The Labute approximate surface area is 181 Å². The van der Waals surface area contributed by atoms with E-state index in [1.807, 2.05) is 67.6 Å². The minimum atomic E-state index is -0.0918. The predicted molar refractivity (Wildman–Crippen MR) is 122 cm³/mol. The number of fused-ring (bicyclic) bond motifs is 3. The maximum Gasteiger partial charge on any atom is 0.267 e. The van der Waals surface area contributed by atoms with Gasteiger partial charge in [0.05, 0.1) is 27.3 Å². The van der Waals surface area contributed by atoms with Gasteiger partial charge in [-0.05, 0) is 50.1 Å². The Morgan fingerprint density at radius 1 is 1.03 bits per heavy atom. The van der Waals surface area contributed by atoms with Crippen molar-refractivity contribution in [2.24, 2.45) is 0 Å². The van der Waals surface area contributed by atoms with Crippen molar-refractivity contribution >= 4 is 39.8 Å². The Hall–Kier alpha value is -2.97. The molecule has 150 valence electrons. The first-order valence-electron chi connectivity index (χ1n) is 9.54. The van der Waals surface area contributed by atoms with Gasteiger partial charge in [-0.25, -0.2) is 9.55 Å². The molecule has 0 radical (unpaired) electrons. The summed E-state index contributed by atoms with van der Waals surface area (Å²) in [6.07, 6.45) is 0. The summed E-state index contributed by atoms with van der Waals surface area (Å²) < 4.78 is 3.65. The van der Waals surface area contributed by atoms with Crippen LogP contribution in [-0.4, -0.2) is 24.1 Å². The molecule has 0 aliphatic carbocycles. The smallest absolute Gasteiger partial charge is 0.267 e. The lowest BCUT2D eigenvalue weighted by molar-refractivity contribution is 0.926. The van der Waals surface area contributed by atoms with E-state index in [1.165, 1.54) is 0 Å². The maximum absolute atomic E-state index is 13.5. The molecular formula is C22H19N5OS2. The van der Waals surface area contributed by atoms with Crippen molar-refractivity contribution in [3.05, 3.63) is 80.0 Å². The summed E-state index contributed by atoms with van der Waals surface area (Å²) >= 11 is 3.21. The second-order valence-corrected chi connectivity index (χ2v) is 9.15. The van der Waals surface area contributed by atoms with Gasteiger partial charge in [-0.2, -0.15) is 0 Å². The molecule has 0 saturated carbocycles. The molecule has 2 aromatic carbocycles. The third-order valence-electron chi connectivity index (χ3n) is 5.23. The van der Waals surface area contributed by atoms with Crippen LogP contribution in [0.25, 0.3) is 22.4 Å². The van der Waals surface area contributed by atoms with Gasteiger partial charge >= 0.3 is 0 Å². The number of thiazole rings is 1. The number of hydrogen-bond donors (Lipinski definition) is 0. The summed E-state index contributed by atoms with van der Waals surface area (Å²) in [6, 6.07) is 13.6. The van der Waals surface area contributed by atoms with Gasteiger partial charge in [0.15, 0.2) is 5.16 Å². The average Bonchev–Trinajstić information content (AvgIpc) is 3.36. The first-order chi connectivity index (χ1) is 14.5. The Morgan fingerprint density at radius 3 is 2.67 bits per heavy atom. The normalized spacial score (nSPS) is 11.6. The van der Waals surface area contributed by atoms with Crippen LogP contribution >= 0.6 is 23.1 Å². The minimum absolute atomic E-state index is 0.0918. The minimum Gasteiger partial charge on any atom is -0.268 e. The molecule has 5 rings (SSSR count). The lowest BCUT2D eigenvalue weighted by Gasteiger charge is -2.14. The molecule has 30 heavy (non-hydrogen) atoms. The van der Waals surface area contributed by atoms with E-state index in [0.717, 1.165) is 38.2 Å². The fourth-order valence-corrected chi connectivity index (χ4v) is 5.13. The van der Waals surface area contributed by atoms with Crippen LogP contribution in [0.3, 0.4) is 0 Å². The molecule has 0 atom stereocenters. The van der Waals surface area contributed by atoms with Gasteiger partial charge in [0.1, 0.15) is 0 Å². The second-order valence-electron chi connectivity index (χ2n) is 7.14. The molecular weight excluding hydrogens is 414 g/mol. The standard InChI is InChI=1S/C22H19N5OS2/c1-13-7-6-10-18(14(13)2)26-20(28)17-8-4-5-9-19(17)27-21(26)24-25-22(27)30-12-16-11-29-15(3)23-16/h4-11H,12H2,1-3H3. The van der Waals surface area contributed by atoms with Crippen molar-refractivity contribution in [3.63, 3.8) is 0 Å². The molecule has 0 N–H and O–H groups in total. The lowest BCUT2D eigenvalue weighted by Crippen LogP contribution is -2.22. The highest BCUT2D eigenvalue weighted by Crippen LogP contribution is 2.27. The van der Waals surface area contributed by atoms with Gasteiger partial charge < -0.3 is 0 Å². The van der Waals surface area contributed by atoms with E-state index < -0.39 is 0 Å². The molecule has 0 bridgehead atoms. The summed E-state index contributed by atoms with van der Waals surface area (Å²) in [4.78, 5) is 18.0. The molecule has 3 heterocycles. The first-order valence-corrected chi connectivity index (χ1v) is 11.4. The maximum atomic E-state index is 13.5. The first kappa shape index (κ1) is 19.0. The van der Waals surface area contributed by atoms with Crippen LogP contribution in [0.2, 0.25) is 0 Å². The third-order valence-corrected chi connectivity index (χ3v) is 7.01. The van der Waals surface area contributed by atoms with Gasteiger partial charge in [0.2, 0.25) is 5.78 Å². The zero-order chi connectivity index (χ0) is 20.8. The quantitative estimate of drug-likeness (QED) is 0.384. The van der Waals surface area contributed by atoms with Crippen molar-refractivity contribution in [2.75, 3.05) is 0 Å². The Kier molecular flexibility index (Phi) is 4.67. The molecule has 0 amide bonds. The fourth-order valence-electron chi connectivity index (χ4n) is 3.58. The topological polar surface area (TPSA) is 65.1 Å². The molecule has 5 aromatic rings. The highest BCUT2D eigenvalue weighted by Gasteiger charge is 2.19. The Morgan fingerprint density at radius 2 is 1.87 bits per heavy atom. The Balaban J connectivity index is 1.77. The van der Waals surface area contributed by atoms with E-state index in [0.29, 0.717) is 16.9 Å². The van der Waals surface area contributed by atoms with E-state index in [-0.39, 0.29) is 5.56 Å². The molecule has 0 unspecified atom stereocenters. The van der Waals surface area contributed by atoms with Gasteiger partial charge in [-0.3, -0.25) is 9.20 Å². The monoisotopic (exact) mass is 433 g/mol. The molecule has 0 spiro atoms. The zero-order valence-electron chi connectivity index (χ0n) is 16.8. The van der Waals surface area contributed by atoms with Crippen LogP contribution in [0.4, 0.5) is 0 Å². The van der Waals surface area contributed by atoms with Gasteiger partial charge in [0, 0.05) is 11.1 Å². The molecule has 6 nitrogen and oxygen atoms in total. The number of benzene rings is 2. The van der Waals surface area contributed by atoms with Crippen LogP contribution in [0.5, 0.6) is 0 Å². The van der Waals surface area contributed by atoms with Crippen molar-refractivity contribution in [1.29, 1.82) is 0 Å². The lowest BCUT2D eigenvalue weighted by atomic mass is 10.1. The van der Waals surface area contributed by atoms with Gasteiger partial charge in [0.25, 0.3) is 5.56 Å². The van der Waals surface area contributed by atoms with E-state index in [9.17, 15) is 4.79 Å². The molecule has 0 fully saturated rings. The number of rotatable bonds is 4.